The Kier molecular flexibility index (Phi) is 4.27. The first kappa shape index (κ1) is 13.8. The molecular weight excluding hydrogens is 272 g/mol. The molecule has 0 aromatic heterocycles. The molecular formula is C12H16ClN2O2S. The van der Waals surface area contributed by atoms with Gasteiger partial charge in [0.05, 0.1) is 4.90 Å². The van der Waals surface area contributed by atoms with Crippen molar-refractivity contribution >= 4 is 21.6 Å². The van der Waals surface area contributed by atoms with Gasteiger partial charge in [-0.3, -0.25) is 5.73 Å². The van der Waals surface area contributed by atoms with Crippen molar-refractivity contribution in [3.8, 4) is 0 Å². The number of sulfonamides is 1. The highest BCUT2D eigenvalue weighted by Gasteiger charge is 2.24. The monoisotopic (exact) mass is 287 g/mol. The average molecular weight is 288 g/mol. The number of halogens is 1. The summed E-state index contributed by atoms with van der Waals surface area (Å²) in [6, 6.07) is 6.04. The molecule has 0 heterocycles. The fourth-order valence-electron chi connectivity index (χ4n) is 2.11. The predicted octanol–water partition coefficient (Wildman–Crippen LogP) is 2.21. The third-order valence-corrected chi connectivity index (χ3v) is 4.96. The largest absolute Gasteiger partial charge is 0.255 e. The van der Waals surface area contributed by atoms with Gasteiger partial charge in [0.1, 0.15) is 0 Å². The molecule has 1 radical (unpaired) electrons. The van der Waals surface area contributed by atoms with Crippen molar-refractivity contribution in [2.75, 3.05) is 0 Å². The lowest BCUT2D eigenvalue weighted by Gasteiger charge is -2.26. The predicted molar refractivity (Wildman–Crippen MR) is 70.9 cm³/mol. The van der Waals surface area contributed by atoms with Crippen LogP contribution in [0.4, 0.5) is 0 Å². The second-order valence-corrected chi connectivity index (χ2v) is 6.77. The molecule has 0 saturated heterocycles. The number of hydrogen-bond acceptors (Lipinski definition) is 2. The minimum Gasteiger partial charge on any atom is -0.255 e. The Morgan fingerprint density at radius 3 is 2.22 bits per heavy atom. The quantitative estimate of drug-likeness (QED) is 0.926. The van der Waals surface area contributed by atoms with Crippen molar-refractivity contribution < 1.29 is 8.42 Å². The minimum absolute atomic E-state index is 0.0405. The van der Waals surface area contributed by atoms with Gasteiger partial charge in [0.2, 0.25) is 10.0 Å². The highest BCUT2D eigenvalue weighted by molar-refractivity contribution is 7.89. The number of nitrogens with one attached hydrogen (secondary N) is 2. The van der Waals surface area contributed by atoms with E-state index in [-0.39, 0.29) is 17.0 Å². The van der Waals surface area contributed by atoms with Gasteiger partial charge in [-0.15, -0.1) is 0 Å². The van der Waals surface area contributed by atoms with E-state index in [2.05, 4.69) is 4.72 Å². The van der Waals surface area contributed by atoms with Crippen molar-refractivity contribution in [3.63, 3.8) is 0 Å². The van der Waals surface area contributed by atoms with Crippen LogP contribution in [-0.2, 0) is 10.0 Å². The summed E-state index contributed by atoms with van der Waals surface area (Å²) < 4.78 is 26.9. The zero-order valence-corrected chi connectivity index (χ0v) is 11.5. The lowest BCUT2D eigenvalue weighted by Crippen LogP contribution is -2.38. The van der Waals surface area contributed by atoms with E-state index in [0.717, 1.165) is 25.7 Å². The molecule has 0 atom stereocenters. The zero-order chi connectivity index (χ0) is 13.2. The highest BCUT2D eigenvalue weighted by Crippen LogP contribution is 2.20. The molecule has 0 unspecified atom stereocenters. The van der Waals surface area contributed by atoms with Crippen LogP contribution in [-0.4, -0.2) is 20.5 Å². The van der Waals surface area contributed by atoms with Gasteiger partial charge in [0.25, 0.3) is 0 Å². The lowest BCUT2D eigenvalue weighted by atomic mass is 9.93. The van der Waals surface area contributed by atoms with E-state index in [0.29, 0.717) is 5.02 Å². The van der Waals surface area contributed by atoms with Gasteiger partial charge in [-0.2, -0.15) is 0 Å². The maximum Gasteiger partial charge on any atom is 0.240 e. The van der Waals surface area contributed by atoms with Crippen molar-refractivity contribution in [1.82, 2.24) is 10.5 Å². The van der Waals surface area contributed by atoms with E-state index in [1.807, 2.05) is 0 Å². The Bertz CT molecular complexity index is 493. The van der Waals surface area contributed by atoms with Gasteiger partial charge in [0, 0.05) is 17.1 Å². The molecule has 0 spiro atoms. The maximum absolute atomic E-state index is 12.1. The second kappa shape index (κ2) is 5.57. The SMILES string of the molecule is [NH][C@H]1CC[C@H](NS(=O)(=O)c2ccc(Cl)cc2)CC1. The molecule has 18 heavy (non-hydrogen) atoms. The van der Waals surface area contributed by atoms with Crippen LogP contribution in [0.1, 0.15) is 25.7 Å². The fourth-order valence-corrected chi connectivity index (χ4v) is 3.54. The molecule has 1 fully saturated rings. The van der Waals surface area contributed by atoms with E-state index in [9.17, 15) is 8.42 Å². The molecule has 0 bridgehead atoms. The Balaban J connectivity index is 2.05. The van der Waals surface area contributed by atoms with E-state index < -0.39 is 10.0 Å². The smallest absolute Gasteiger partial charge is 0.240 e. The fraction of sp³-hybridized carbons (Fsp3) is 0.500. The average Bonchev–Trinajstić information content (AvgIpc) is 2.32. The third-order valence-electron chi connectivity index (χ3n) is 3.17. The van der Waals surface area contributed by atoms with Crippen LogP contribution in [0, 0.1) is 0 Å². The normalized spacial score (nSPS) is 25.0. The van der Waals surface area contributed by atoms with Gasteiger partial charge in [0.15, 0.2) is 0 Å². The van der Waals surface area contributed by atoms with Crippen LogP contribution in [0.15, 0.2) is 29.2 Å². The molecule has 2 rings (SSSR count). The van der Waals surface area contributed by atoms with E-state index in [1.54, 1.807) is 12.1 Å². The molecule has 2 N–H and O–H groups in total. The third kappa shape index (κ3) is 3.45. The Hall–Kier alpha value is -0.620. The van der Waals surface area contributed by atoms with E-state index in [4.69, 9.17) is 17.3 Å². The first-order chi connectivity index (χ1) is 8.47. The summed E-state index contributed by atoms with van der Waals surface area (Å²) in [6.45, 7) is 0. The summed E-state index contributed by atoms with van der Waals surface area (Å²) in [5.74, 6) is 0. The summed E-state index contributed by atoms with van der Waals surface area (Å²) in [5, 5.41) is 0.517. The van der Waals surface area contributed by atoms with Gasteiger partial charge >= 0.3 is 0 Å². The van der Waals surface area contributed by atoms with Crippen LogP contribution < -0.4 is 10.5 Å². The summed E-state index contributed by atoms with van der Waals surface area (Å²) in [5.41, 5.74) is 7.59. The van der Waals surface area contributed by atoms with Crippen LogP contribution in [0.5, 0.6) is 0 Å². The van der Waals surface area contributed by atoms with Crippen molar-refractivity contribution in [2.24, 2.45) is 0 Å². The summed E-state index contributed by atoms with van der Waals surface area (Å²) in [4.78, 5) is 0.236. The van der Waals surface area contributed by atoms with Crippen molar-refractivity contribution in [3.05, 3.63) is 29.3 Å². The molecule has 1 aromatic carbocycles. The highest BCUT2D eigenvalue weighted by atomic mass is 35.5. The number of rotatable bonds is 3. The van der Waals surface area contributed by atoms with Gasteiger partial charge < -0.3 is 0 Å². The molecule has 4 nitrogen and oxygen atoms in total. The zero-order valence-electron chi connectivity index (χ0n) is 9.90. The van der Waals surface area contributed by atoms with E-state index >= 15 is 0 Å². The molecule has 1 saturated carbocycles. The second-order valence-electron chi connectivity index (χ2n) is 4.62. The molecule has 0 amide bonds. The first-order valence-corrected chi connectivity index (χ1v) is 7.82. The van der Waals surface area contributed by atoms with Crippen molar-refractivity contribution in [2.45, 2.75) is 42.7 Å². The molecule has 1 aromatic rings. The van der Waals surface area contributed by atoms with Gasteiger partial charge in [-0.25, -0.2) is 13.1 Å². The molecule has 6 heteroatoms. The van der Waals surface area contributed by atoms with Crippen molar-refractivity contribution in [1.29, 1.82) is 0 Å². The van der Waals surface area contributed by atoms with Gasteiger partial charge in [-0.1, -0.05) is 11.6 Å². The van der Waals surface area contributed by atoms with E-state index in [1.165, 1.54) is 12.1 Å². The van der Waals surface area contributed by atoms with Gasteiger partial charge in [-0.05, 0) is 49.9 Å². The molecule has 1 aliphatic carbocycles. The maximum atomic E-state index is 12.1. The summed E-state index contributed by atoms with van der Waals surface area (Å²) >= 11 is 5.73. The molecule has 99 valence electrons. The summed E-state index contributed by atoms with van der Waals surface area (Å²) in [7, 11) is -3.46. The lowest BCUT2D eigenvalue weighted by molar-refractivity contribution is 0.368. The Morgan fingerprint density at radius 2 is 1.67 bits per heavy atom. The number of hydrogen-bond donors (Lipinski definition) is 1. The van der Waals surface area contributed by atoms with Crippen LogP contribution in [0.2, 0.25) is 5.02 Å². The standard InChI is InChI=1S/C12H16ClN2O2S/c13-9-1-7-12(8-2-9)18(16,17)15-11-5-3-10(14)4-6-11/h1-2,7-8,10-11,14-15H,3-6H2/t10-,11-. The number of benzene rings is 1. The minimum atomic E-state index is -3.46. The molecule has 1 aliphatic rings. The topological polar surface area (TPSA) is 70.0 Å². The Morgan fingerprint density at radius 1 is 1.11 bits per heavy atom. The first-order valence-electron chi connectivity index (χ1n) is 5.96. The van der Waals surface area contributed by atoms with Crippen LogP contribution >= 0.6 is 11.6 Å². The van der Waals surface area contributed by atoms with Crippen LogP contribution in [0.3, 0.4) is 0 Å². The summed E-state index contributed by atoms with van der Waals surface area (Å²) in [6.07, 6.45) is 2.99. The Labute approximate surface area is 113 Å². The van der Waals surface area contributed by atoms with Crippen LogP contribution in [0.25, 0.3) is 0 Å². The molecule has 0 aliphatic heterocycles.